The highest BCUT2D eigenvalue weighted by Crippen LogP contribution is 2.35. The Kier molecular flexibility index (Phi) is 5.88. The van der Waals surface area contributed by atoms with E-state index < -0.39 is 9.84 Å². The van der Waals surface area contributed by atoms with Crippen LogP contribution in [0.2, 0.25) is 0 Å². The number of thiophene rings is 1. The van der Waals surface area contributed by atoms with Crippen molar-refractivity contribution in [2.24, 2.45) is 5.92 Å². The molecule has 1 aliphatic carbocycles. The second kappa shape index (κ2) is 8.80. The summed E-state index contributed by atoms with van der Waals surface area (Å²) in [5.74, 6) is 0.982. The molecule has 7 nitrogen and oxygen atoms in total. The van der Waals surface area contributed by atoms with Crippen molar-refractivity contribution in [3.8, 4) is 17.0 Å². The third-order valence-corrected chi connectivity index (χ3v) is 9.41. The third kappa shape index (κ3) is 4.37. The number of nitrogens with zero attached hydrogens (tertiary/aromatic N) is 3. The number of phenolic OH excluding ortho intramolecular Hbond substituents is 1. The zero-order valence-corrected chi connectivity index (χ0v) is 19.2. The van der Waals surface area contributed by atoms with Crippen LogP contribution in [0.5, 0.6) is 5.75 Å². The van der Waals surface area contributed by atoms with Crippen LogP contribution in [0.1, 0.15) is 17.7 Å². The van der Waals surface area contributed by atoms with E-state index in [2.05, 4.69) is 4.90 Å². The van der Waals surface area contributed by atoms with Crippen LogP contribution in [0.4, 0.5) is 5.95 Å². The number of benzene rings is 1. The molecule has 0 radical (unpaired) electrons. The molecular formula is C23H25N3O4S2. The molecule has 1 aromatic carbocycles. The molecule has 0 bridgehead atoms. The number of phenols is 1. The summed E-state index contributed by atoms with van der Waals surface area (Å²) in [5, 5.41) is 11.8. The number of sulfone groups is 1. The van der Waals surface area contributed by atoms with Crippen LogP contribution < -0.4 is 4.90 Å². The maximum absolute atomic E-state index is 12.8. The van der Waals surface area contributed by atoms with Crippen LogP contribution in [-0.4, -0.2) is 55.5 Å². The molecule has 32 heavy (non-hydrogen) atoms. The monoisotopic (exact) mass is 471 g/mol. The first-order valence-corrected chi connectivity index (χ1v) is 13.3. The highest BCUT2D eigenvalue weighted by atomic mass is 32.2. The minimum atomic E-state index is -3.30. The van der Waals surface area contributed by atoms with Crippen LogP contribution in [0.25, 0.3) is 11.3 Å². The molecule has 9 heteroatoms. The van der Waals surface area contributed by atoms with Crippen molar-refractivity contribution in [2.45, 2.75) is 23.5 Å². The van der Waals surface area contributed by atoms with Gasteiger partial charge < -0.3 is 14.7 Å². The maximum atomic E-state index is 12.8. The lowest BCUT2D eigenvalue weighted by Gasteiger charge is -2.30. The summed E-state index contributed by atoms with van der Waals surface area (Å²) >= 11 is 1.27. The SMILES string of the molecule is O=S(=O)(CC1CCc2c(nc(N3CCOCC3)nc2-c2cccc(O)c2)C1)c1cccs1. The first kappa shape index (κ1) is 21.4. The smallest absolute Gasteiger partial charge is 0.226 e. The average molecular weight is 472 g/mol. The highest BCUT2D eigenvalue weighted by Gasteiger charge is 2.30. The van der Waals surface area contributed by atoms with Gasteiger partial charge in [-0.1, -0.05) is 18.2 Å². The first-order chi connectivity index (χ1) is 15.5. The standard InChI is InChI=1S/C23H25N3O4S2/c27-18-4-1-3-17(14-18)22-19-7-6-16(15-32(28,29)21-5-2-12-31-21)13-20(19)24-23(25-22)26-8-10-30-11-9-26/h1-5,12,14,16,27H,6-11,13,15H2. The predicted molar refractivity (Wildman–Crippen MR) is 124 cm³/mol. The molecule has 2 aromatic heterocycles. The Bertz CT molecular complexity index is 1210. The van der Waals surface area contributed by atoms with E-state index in [0.717, 1.165) is 28.9 Å². The average Bonchev–Trinajstić information content (AvgIpc) is 3.35. The number of morpholine rings is 1. The van der Waals surface area contributed by atoms with E-state index in [1.54, 1.807) is 29.6 Å². The number of aromatic hydroxyl groups is 1. The van der Waals surface area contributed by atoms with Crippen LogP contribution >= 0.6 is 11.3 Å². The van der Waals surface area contributed by atoms with E-state index in [4.69, 9.17) is 14.7 Å². The lowest BCUT2D eigenvalue weighted by Crippen LogP contribution is -2.38. The van der Waals surface area contributed by atoms with E-state index in [0.29, 0.717) is 49.3 Å². The fourth-order valence-electron chi connectivity index (χ4n) is 4.44. The number of hydrogen-bond donors (Lipinski definition) is 1. The number of hydrogen-bond acceptors (Lipinski definition) is 8. The van der Waals surface area contributed by atoms with Gasteiger partial charge in [0.15, 0.2) is 9.84 Å². The van der Waals surface area contributed by atoms with E-state index in [1.165, 1.54) is 11.3 Å². The van der Waals surface area contributed by atoms with Crippen LogP contribution in [0.3, 0.4) is 0 Å². The lowest BCUT2D eigenvalue weighted by molar-refractivity contribution is 0.122. The van der Waals surface area contributed by atoms with Crippen LogP contribution in [-0.2, 0) is 27.4 Å². The van der Waals surface area contributed by atoms with Crippen LogP contribution in [0, 0.1) is 5.92 Å². The van der Waals surface area contributed by atoms with Crippen LogP contribution in [0.15, 0.2) is 46.0 Å². The van der Waals surface area contributed by atoms with Gasteiger partial charge in [-0.05, 0) is 48.8 Å². The summed E-state index contributed by atoms with van der Waals surface area (Å²) < 4.78 is 31.6. The van der Waals surface area contributed by atoms with Gasteiger partial charge in [0.1, 0.15) is 9.96 Å². The number of aromatic nitrogens is 2. The molecule has 0 saturated carbocycles. The largest absolute Gasteiger partial charge is 0.508 e. The zero-order chi connectivity index (χ0) is 22.1. The van der Waals surface area contributed by atoms with Gasteiger partial charge in [-0.2, -0.15) is 0 Å². The summed E-state index contributed by atoms with van der Waals surface area (Å²) in [6, 6.07) is 10.6. The van der Waals surface area contributed by atoms with Gasteiger partial charge in [0, 0.05) is 24.2 Å². The summed E-state index contributed by atoms with van der Waals surface area (Å²) in [5.41, 5.74) is 3.64. The molecule has 168 valence electrons. The topological polar surface area (TPSA) is 92.6 Å². The molecule has 5 rings (SSSR count). The molecule has 1 N–H and O–H groups in total. The number of fused-ring (bicyclic) bond motifs is 1. The van der Waals surface area contributed by atoms with Crippen molar-refractivity contribution in [1.82, 2.24) is 9.97 Å². The predicted octanol–water partition coefficient (Wildman–Crippen LogP) is 3.33. The van der Waals surface area contributed by atoms with Gasteiger partial charge in [0.2, 0.25) is 5.95 Å². The zero-order valence-electron chi connectivity index (χ0n) is 17.6. The lowest BCUT2D eigenvalue weighted by atomic mass is 9.86. The first-order valence-electron chi connectivity index (χ1n) is 10.8. The van der Waals surface area contributed by atoms with Gasteiger partial charge in [-0.15, -0.1) is 11.3 Å². The Morgan fingerprint density at radius 2 is 2.00 bits per heavy atom. The quantitative estimate of drug-likeness (QED) is 0.610. The summed E-state index contributed by atoms with van der Waals surface area (Å²) in [6.07, 6.45) is 2.09. The maximum Gasteiger partial charge on any atom is 0.226 e. The minimum Gasteiger partial charge on any atom is -0.508 e. The summed E-state index contributed by atoms with van der Waals surface area (Å²) in [4.78, 5) is 11.9. The second-order valence-corrected chi connectivity index (χ2v) is 11.5. The normalized spacial score (nSPS) is 19.0. The molecule has 3 aromatic rings. The fourth-order valence-corrected chi connectivity index (χ4v) is 7.21. The molecule has 0 spiro atoms. The van der Waals surface area contributed by atoms with Gasteiger partial charge >= 0.3 is 0 Å². The second-order valence-electron chi connectivity index (χ2n) is 8.27. The van der Waals surface area contributed by atoms with E-state index >= 15 is 0 Å². The molecule has 1 unspecified atom stereocenters. The molecule has 0 amide bonds. The van der Waals surface area contributed by atoms with Crippen molar-refractivity contribution < 1.29 is 18.3 Å². The molecule has 3 heterocycles. The molecular weight excluding hydrogens is 446 g/mol. The van der Waals surface area contributed by atoms with Crippen molar-refractivity contribution in [3.05, 3.63) is 53.0 Å². The molecule has 1 fully saturated rings. The van der Waals surface area contributed by atoms with E-state index in [-0.39, 0.29) is 17.4 Å². The van der Waals surface area contributed by atoms with Gasteiger partial charge in [0.05, 0.1) is 30.4 Å². The Morgan fingerprint density at radius 3 is 2.75 bits per heavy atom. The highest BCUT2D eigenvalue weighted by molar-refractivity contribution is 7.93. The number of rotatable bonds is 5. The summed E-state index contributed by atoms with van der Waals surface area (Å²) in [6.45, 7) is 2.69. The molecule has 1 aliphatic heterocycles. The minimum absolute atomic E-state index is 0.0130. The Morgan fingerprint density at radius 1 is 1.16 bits per heavy atom. The Hall–Kier alpha value is -2.49. The molecule has 1 saturated heterocycles. The fraction of sp³-hybridized carbons (Fsp3) is 0.391. The van der Waals surface area contributed by atoms with Gasteiger partial charge in [-0.3, -0.25) is 0 Å². The molecule has 1 atom stereocenters. The number of anilines is 1. The Balaban J connectivity index is 1.50. The Labute approximate surface area is 191 Å². The van der Waals surface area contributed by atoms with Gasteiger partial charge in [0.25, 0.3) is 0 Å². The van der Waals surface area contributed by atoms with E-state index in [1.807, 2.05) is 12.1 Å². The van der Waals surface area contributed by atoms with Crippen molar-refractivity contribution in [3.63, 3.8) is 0 Å². The van der Waals surface area contributed by atoms with Crippen molar-refractivity contribution in [2.75, 3.05) is 37.0 Å². The summed E-state index contributed by atoms with van der Waals surface area (Å²) in [7, 11) is -3.30. The van der Waals surface area contributed by atoms with E-state index in [9.17, 15) is 13.5 Å². The van der Waals surface area contributed by atoms with Crippen molar-refractivity contribution in [1.29, 1.82) is 0 Å². The van der Waals surface area contributed by atoms with Gasteiger partial charge in [-0.25, -0.2) is 18.4 Å². The third-order valence-electron chi connectivity index (χ3n) is 6.04. The number of ether oxygens (including phenoxy) is 1. The van der Waals surface area contributed by atoms with Crippen molar-refractivity contribution >= 4 is 27.1 Å². The molecule has 2 aliphatic rings.